The molecule has 8 rings (SSSR count). The van der Waals surface area contributed by atoms with Crippen molar-refractivity contribution < 1.29 is 37.1 Å². The van der Waals surface area contributed by atoms with Crippen LogP contribution >= 0.6 is 14.7 Å². The summed E-state index contributed by atoms with van der Waals surface area (Å²) in [6, 6.07) is 37.9. The molecule has 0 aliphatic carbocycles. The van der Waals surface area contributed by atoms with E-state index in [9.17, 15) is 0 Å². The number of ether oxygens (including phenoxy) is 4. The highest BCUT2D eigenvalue weighted by Crippen LogP contribution is 2.64. The molecule has 0 amide bonds. The lowest BCUT2D eigenvalue weighted by Gasteiger charge is -2.31. The summed E-state index contributed by atoms with van der Waals surface area (Å²) < 4.78 is 66.4. The Bertz CT molecular complexity index is 2920. The topological polar surface area (TPSA) is 89.5 Å². The Morgan fingerprint density at radius 2 is 1.00 bits per heavy atom. The fourth-order valence-corrected chi connectivity index (χ4v) is 12.7. The maximum atomic E-state index is 15.1. The SMILES string of the molecule is C=C/C=C1\C(=C/C)c2ccccc2OP1(=O)c1cc(OC)c(/C=C/c2cccc(/C=C/c3cc(OC)c(P4(=O)Oc5ccccc5-c5ccccc54)cc3OC)c2)cc1OC. The molecule has 2 atom stereocenters. The van der Waals surface area contributed by atoms with Gasteiger partial charge in [-0.1, -0.05) is 116 Å². The van der Waals surface area contributed by atoms with Gasteiger partial charge in [0.05, 0.1) is 49.7 Å². The fourth-order valence-electron chi connectivity index (χ4n) is 7.80. The predicted molar refractivity (Wildman–Crippen MR) is 249 cm³/mol. The van der Waals surface area contributed by atoms with Gasteiger partial charge in [0.25, 0.3) is 0 Å². The van der Waals surface area contributed by atoms with Gasteiger partial charge in [-0.25, -0.2) is 0 Å². The van der Waals surface area contributed by atoms with Crippen molar-refractivity contribution >= 4 is 60.5 Å². The van der Waals surface area contributed by atoms with Crippen LogP contribution < -0.4 is 43.9 Å². The van der Waals surface area contributed by atoms with Crippen molar-refractivity contribution in [1.82, 2.24) is 0 Å². The monoisotopic (exact) mass is 846 g/mol. The van der Waals surface area contributed by atoms with Crippen molar-refractivity contribution in [3.05, 3.63) is 179 Å². The Morgan fingerprint density at radius 3 is 1.56 bits per heavy atom. The van der Waals surface area contributed by atoms with E-state index in [1.807, 2.05) is 146 Å². The van der Waals surface area contributed by atoms with Crippen LogP contribution in [0.15, 0.2) is 151 Å². The number of fused-ring (bicyclic) bond motifs is 4. The van der Waals surface area contributed by atoms with Crippen LogP contribution in [0.3, 0.4) is 0 Å². The van der Waals surface area contributed by atoms with Gasteiger partial charge in [0.2, 0.25) is 0 Å². The first-order chi connectivity index (χ1) is 29.7. The lowest BCUT2D eigenvalue weighted by Crippen LogP contribution is -2.26. The van der Waals surface area contributed by atoms with Crippen molar-refractivity contribution in [2.75, 3.05) is 28.4 Å². The minimum Gasteiger partial charge on any atom is -0.496 e. The van der Waals surface area contributed by atoms with Crippen LogP contribution in [0.4, 0.5) is 0 Å². The summed E-state index contributed by atoms with van der Waals surface area (Å²) in [5.74, 6) is 2.91. The molecular formula is C51H44O8P2. The second-order valence-electron chi connectivity index (χ2n) is 14.2. The van der Waals surface area contributed by atoms with E-state index in [4.69, 9.17) is 28.0 Å². The molecular weight excluding hydrogens is 803 g/mol. The van der Waals surface area contributed by atoms with Crippen molar-refractivity contribution in [3.63, 3.8) is 0 Å². The molecule has 0 radical (unpaired) electrons. The molecule has 8 nitrogen and oxygen atoms in total. The van der Waals surface area contributed by atoms with Crippen LogP contribution in [-0.4, -0.2) is 28.4 Å². The summed E-state index contributed by atoms with van der Waals surface area (Å²) >= 11 is 0. The third-order valence-electron chi connectivity index (χ3n) is 10.7. The first-order valence-corrected chi connectivity index (χ1v) is 22.8. The molecule has 6 aromatic carbocycles. The number of allylic oxidation sites excluding steroid dienone is 5. The average molecular weight is 847 g/mol. The van der Waals surface area contributed by atoms with E-state index in [-0.39, 0.29) is 0 Å². The predicted octanol–water partition coefficient (Wildman–Crippen LogP) is 11.8. The van der Waals surface area contributed by atoms with Gasteiger partial charge < -0.3 is 28.0 Å². The summed E-state index contributed by atoms with van der Waals surface area (Å²) in [7, 11) is -1.11. The summed E-state index contributed by atoms with van der Waals surface area (Å²) in [5, 5.41) is 1.92. The quantitative estimate of drug-likeness (QED) is 0.0941. The highest BCUT2D eigenvalue weighted by molar-refractivity contribution is 7.75. The van der Waals surface area contributed by atoms with Crippen LogP contribution in [-0.2, 0) is 9.13 Å². The van der Waals surface area contributed by atoms with Gasteiger partial charge in [-0.15, -0.1) is 0 Å². The van der Waals surface area contributed by atoms with Gasteiger partial charge in [-0.05, 0) is 83.8 Å². The van der Waals surface area contributed by atoms with Crippen molar-refractivity contribution in [1.29, 1.82) is 0 Å². The zero-order valence-electron chi connectivity index (χ0n) is 34.5. The minimum absolute atomic E-state index is 0.381. The molecule has 2 unspecified atom stereocenters. The average Bonchev–Trinajstić information content (AvgIpc) is 3.30. The van der Waals surface area contributed by atoms with Crippen molar-refractivity contribution in [2.24, 2.45) is 0 Å². The van der Waals surface area contributed by atoms with Crippen LogP contribution in [0, 0.1) is 0 Å². The van der Waals surface area contributed by atoms with E-state index >= 15 is 9.13 Å². The van der Waals surface area contributed by atoms with Gasteiger partial charge in [0.1, 0.15) is 34.5 Å². The Morgan fingerprint density at radius 1 is 0.508 bits per heavy atom. The maximum Gasteiger partial charge on any atom is 0.311 e. The first kappa shape index (κ1) is 41.0. The van der Waals surface area contributed by atoms with Gasteiger partial charge in [-0.2, -0.15) is 0 Å². The largest absolute Gasteiger partial charge is 0.496 e. The number of methoxy groups -OCH3 is 4. The zero-order valence-corrected chi connectivity index (χ0v) is 36.2. The Kier molecular flexibility index (Phi) is 11.5. The summed E-state index contributed by atoms with van der Waals surface area (Å²) in [6.07, 6.45) is 13.1. The molecule has 2 aliphatic rings. The molecule has 0 bridgehead atoms. The Hall–Kier alpha value is -6.72. The standard InChI is InChI=1S/C51H44O8P2/c1-7-16-48-38(8-2)39-19-9-12-22-42(39)58-60(48,52)50-32-44(54-3)36(30-46(50)56-5)27-25-34-17-15-18-35(29-34)26-28-37-31-47(57-6)51(33-45(37)55-4)61(53)49-24-14-11-21-41(49)40-20-10-13-23-43(40)59-61/h7-33H,1H2,2-6H3/b27-25+,28-26+,38-8-,48-16+. The molecule has 2 heterocycles. The van der Waals surface area contributed by atoms with E-state index in [2.05, 4.69) is 6.58 Å². The lowest BCUT2D eigenvalue weighted by molar-refractivity contribution is 0.403. The second kappa shape index (κ2) is 17.1. The van der Waals surface area contributed by atoms with Crippen molar-refractivity contribution in [3.8, 4) is 45.6 Å². The van der Waals surface area contributed by atoms with Crippen LogP contribution in [0.2, 0.25) is 0 Å². The normalized spacial score (nSPS) is 19.1. The van der Waals surface area contributed by atoms with E-state index in [0.717, 1.165) is 44.5 Å². The molecule has 6 aromatic rings. The fraction of sp³-hybridized carbons (Fsp3) is 0.0980. The molecule has 0 saturated carbocycles. The van der Waals surface area contributed by atoms with Crippen LogP contribution in [0.25, 0.3) is 41.0 Å². The molecule has 0 spiro atoms. The summed E-state index contributed by atoms with van der Waals surface area (Å²) in [4.78, 5) is 0. The first-order valence-electron chi connectivity index (χ1n) is 19.6. The third-order valence-corrected chi connectivity index (χ3v) is 15.6. The highest BCUT2D eigenvalue weighted by Gasteiger charge is 2.43. The zero-order chi connectivity index (χ0) is 42.7. The highest BCUT2D eigenvalue weighted by atomic mass is 31.2. The smallest absolute Gasteiger partial charge is 0.311 e. The summed E-state index contributed by atoms with van der Waals surface area (Å²) in [5.41, 5.74) is 6.71. The van der Waals surface area contributed by atoms with E-state index in [0.29, 0.717) is 55.7 Å². The van der Waals surface area contributed by atoms with Crippen LogP contribution in [0.5, 0.6) is 34.5 Å². The van der Waals surface area contributed by atoms with Crippen molar-refractivity contribution in [2.45, 2.75) is 6.92 Å². The van der Waals surface area contributed by atoms with Gasteiger partial charge in [0.15, 0.2) is 0 Å². The minimum atomic E-state index is -3.73. The van der Waals surface area contributed by atoms with E-state index in [1.165, 1.54) is 0 Å². The van der Waals surface area contributed by atoms with Gasteiger partial charge >= 0.3 is 14.7 Å². The van der Waals surface area contributed by atoms with Gasteiger partial charge in [-0.3, -0.25) is 9.13 Å². The maximum absolute atomic E-state index is 15.1. The molecule has 0 N–H and O–H groups in total. The van der Waals surface area contributed by atoms with E-state index < -0.39 is 14.7 Å². The molecule has 0 aromatic heterocycles. The summed E-state index contributed by atoms with van der Waals surface area (Å²) in [6.45, 7) is 5.80. The lowest BCUT2D eigenvalue weighted by atomic mass is 10.0. The third kappa shape index (κ3) is 7.43. The second-order valence-corrected chi connectivity index (χ2v) is 18.7. The molecule has 0 fully saturated rings. The van der Waals surface area contributed by atoms with E-state index in [1.54, 1.807) is 52.7 Å². The van der Waals surface area contributed by atoms with Gasteiger partial charge in [0, 0.05) is 22.3 Å². The number of hydrogen-bond acceptors (Lipinski definition) is 8. The molecule has 306 valence electrons. The Balaban J connectivity index is 1.10. The Labute approximate surface area is 356 Å². The number of rotatable bonds is 11. The molecule has 0 saturated heterocycles. The number of para-hydroxylation sites is 2. The molecule has 61 heavy (non-hydrogen) atoms. The number of benzene rings is 6. The molecule has 10 heteroatoms. The molecule has 2 aliphatic heterocycles. The van der Waals surface area contributed by atoms with Crippen LogP contribution in [0.1, 0.15) is 34.7 Å². The number of hydrogen-bond donors (Lipinski definition) is 0.